The van der Waals surface area contributed by atoms with E-state index in [9.17, 15) is 0 Å². The van der Waals surface area contributed by atoms with Crippen LogP contribution in [0.15, 0.2) is 0 Å². The number of hydrogen-bond acceptors (Lipinski definition) is 2. The highest BCUT2D eigenvalue weighted by molar-refractivity contribution is 4.86. The lowest BCUT2D eigenvalue weighted by Crippen LogP contribution is -2.46. The van der Waals surface area contributed by atoms with Gasteiger partial charge in [-0.3, -0.25) is 0 Å². The van der Waals surface area contributed by atoms with E-state index in [1.165, 1.54) is 32.2 Å². The second-order valence-electron chi connectivity index (χ2n) is 6.58. The van der Waals surface area contributed by atoms with E-state index in [0.717, 1.165) is 12.5 Å². The summed E-state index contributed by atoms with van der Waals surface area (Å²) in [6, 6.07) is 0. The fourth-order valence-electron chi connectivity index (χ4n) is 2.45. The maximum Gasteiger partial charge on any atom is 0.0127 e. The van der Waals surface area contributed by atoms with Crippen LogP contribution in [0.4, 0.5) is 0 Å². The number of piperidine rings is 1. The van der Waals surface area contributed by atoms with E-state index in [4.69, 9.17) is 5.73 Å². The molecule has 1 heterocycles. The third-order valence-electron chi connectivity index (χ3n) is 3.74. The maximum atomic E-state index is 5.76. The first-order valence-corrected chi connectivity index (χ1v) is 6.30. The molecule has 1 rings (SSSR count). The molecule has 0 aromatic heterocycles. The summed E-state index contributed by atoms with van der Waals surface area (Å²) in [5.74, 6) is 0.895. The summed E-state index contributed by atoms with van der Waals surface area (Å²) in [5.41, 5.74) is 6.43. The predicted octanol–water partition coefficient (Wildman–Crippen LogP) is 2.53. The molecule has 0 aromatic carbocycles. The predicted molar refractivity (Wildman–Crippen MR) is 66.9 cm³/mol. The minimum Gasteiger partial charge on any atom is -0.330 e. The highest BCUT2D eigenvalue weighted by Gasteiger charge is 2.28. The molecule has 90 valence electrons. The maximum absolute atomic E-state index is 5.76. The normalized spacial score (nSPS) is 26.6. The van der Waals surface area contributed by atoms with Crippen molar-refractivity contribution in [2.75, 3.05) is 13.1 Å². The van der Waals surface area contributed by atoms with Crippen molar-refractivity contribution in [2.24, 2.45) is 17.1 Å². The van der Waals surface area contributed by atoms with E-state index in [0.29, 0.717) is 11.0 Å². The van der Waals surface area contributed by atoms with E-state index >= 15 is 0 Å². The number of hydrogen-bond donors (Lipinski definition) is 2. The van der Waals surface area contributed by atoms with Crippen LogP contribution in [-0.2, 0) is 0 Å². The fraction of sp³-hybridized carbons (Fsp3) is 1.00. The number of nitrogens with two attached hydrogens (primary N) is 1. The number of rotatable bonds is 4. The van der Waals surface area contributed by atoms with Crippen LogP contribution in [0, 0.1) is 11.3 Å². The van der Waals surface area contributed by atoms with Crippen LogP contribution in [0.2, 0.25) is 0 Å². The van der Waals surface area contributed by atoms with Crippen LogP contribution in [0.1, 0.15) is 53.4 Å². The molecule has 15 heavy (non-hydrogen) atoms. The van der Waals surface area contributed by atoms with Gasteiger partial charge in [-0.05, 0) is 64.0 Å². The molecule has 1 fully saturated rings. The van der Waals surface area contributed by atoms with Crippen molar-refractivity contribution in [1.29, 1.82) is 0 Å². The molecule has 3 N–H and O–H groups in total. The average Bonchev–Trinajstić information content (AvgIpc) is 2.14. The average molecular weight is 212 g/mol. The van der Waals surface area contributed by atoms with Crippen molar-refractivity contribution in [1.82, 2.24) is 5.32 Å². The van der Waals surface area contributed by atoms with Gasteiger partial charge in [0, 0.05) is 5.54 Å². The molecular weight excluding hydrogens is 184 g/mol. The van der Waals surface area contributed by atoms with Crippen LogP contribution in [0.25, 0.3) is 0 Å². The van der Waals surface area contributed by atoms with Gasteiger partial charge < -0.3 is 11.1 Å². The molecule has 1 aliphatic rings. The zero-order valence-corrected chi connectivity index (χ0v) is 10.9. The highest BCUT2D eigenvalue weighted by atomic mass is 15.0. The van der Waals surface area contributed by atoms with Crippen LogP contribution in [-0.4, -0.2) is 18.6 Å². The van der Waals surface area contributed by atoms with Crippen molar-refractivity contribution in [3.63, 3.8) is 0 Å². The summed E-state index contributed by atoms with van der Waals surface area (Å²) in [6.07, 6.45) is 5.26. The lowest BCUT2D eigenvalue weighted by Gasteiger charge is -2.37. The molecule has 0 aromatic rings. The van der Waals surface area contributed by atoms with Gasteiger partial charge in [0.2, 0.25) is 0 Å². The largest absolute Gasteiger partial charge is 0.330 e. The highest BCUT2D eigenvalue weighted by Crippen LogP contribution is 2.31. The second kappa shape index (κ2) is 4.84. The molecule has 1 aliphatic heterocycles. The van der Waals surface area contributed by atoms with Crippen molar-refractivity contribution in [2.45, 2.75) is 58.9 Å². The van der Waals surface area contributed by atoms with Gasteiger partial charge in [0.1, 0.15) is 0 Å². The Morgan fingerprint density at radius 1 is 1.40 bits per heavy atom. The van der Waals surface area contributed by atoms with Crippen molar-refractivity contribution >= 4 is 0 Å². The molecule has 2 heteroatoms. The zero-order chi connectivity index (χ0) is 11.5. The Kier molecular flexibility index (Phi) is 4.19. The molecule has 0 radical (unpaired) electrons. The molecule has 0 spiro atoms. The Labute approximate surface area is 95.0 Å². The molecule has 2 nitrogen and oxygen atoms in total. The summed E-state index contributed by atoms with van der Waals surface area (Å²) < 4.78 is 0. The molecule has 0 amide bonds. The molecule has 0 bridgehead atoms. The van der Waals surface area contributed by atoms with Gasteiger partial charge in [0.15, 0.2) is 0 Å². The van der Waals surface area contributed by atoms with Gasteiger partial charge in [-0.1, -0.05) is 13.8 Å². The van der Waals surface area contributed by atoms with Gasteiger partial charge in [-0.15, -0.1) is 0 Å². The first-order chi connectivity index (χ1) is 6.85. The lowest BCUT2D eigenvalue weighted by molar-refractivity contribution is 0.198. The molecule has 0 aliphatic carbocycles. The smallest absolute Gasteiger partial charge is 0.0127 e. The topological polar surface area (TPSA) is 38.0 Å². The Morgan fingerprint density at radius 3 is 2.60 bits per heavy atom. The van der Waals surface area contributed by atoms with E-state index in [-0.39, 0.29) is 0 Å². The SMILES string of the molecule is CC(C)(CN)CCC1CCNC(C)(C)C1. The lowest BCUT2D eigenvalue weighted by atomic mass is 9.78. The first-order valence-electron chi connectivity index (χ1n) is 6.30. The molecule has 1 saturated heterocycles. The standard InChI is InChI=1S/C13H28N2/c1-12(2,10-14)7-5-11-6-8-15-13(3,4)9-11/h11,15H,5-10,14H2,1-4H3. The fourth-order valence-corrected chi connectivity index (χ4v) is 2.45. The zero-order valence-electron chi connectivity index (χ0n) is 10.9. The number of nitrogens with one attached hydrogen (secondary N) is 1. The summed E-state index contributed by atoms with van der Waals surface area (Å²) in [6.45, 7) is 11.2. The summed E-state index contributed by atoms with van der Waals surface area (Å²) in [7, 11) is 0. The summed E-state index contributed by atoms with van der Waals surface area (Å²) >= 11 is 0. The Bertz CT molecular complexity index is 197. The summed E-state index contributed by atoms with van der Waals surface area (Å²) in [4.78, 5) is 0. The van der Waals surface area contributed by atoms with E-state index in [1.807, 2.05) is 0 Å². The van der Waals surface area contributed by atoms with Crippen molar-refractivity contribution < 1.29 is 0 Å². The molecule has 1 unspecified atom stereocenters. The Morgan fingerprint density at radius 2 is 2.07 bits per heavy atom. The van der Waals surface area contributed by atoms with Crippen molar-refractivity contribution in [3.05, 3.63) is 0 Å². The Hall–Kier alpha value is -0.0800. The minimum atomic E-state index is 0.328. The molecular formula is C13H28N2. The summed E-state index contributed by atoms with van der Waals surface area (Å²) in [5, 5.41) is 3.57. The van der Waals surface area contributed by atoms with Gasteiger partial charge in [-0.2, -0.15) is 0 Å². The molecule has 1 atom stereocenters. The van der Waals surface area contributed by atoms with Crippen LogP contribution in [0.5, 0.6) is 0 Å². The van der Waals surface area contributed by atoms with Crippen LogP contribution >= 0.6 is 0 Å². The quantitative estimate of drug-likeness (QED) is 0.751. The minimum absolute atomic E-state index is 0.328. The third-order valence-corrected chi connectivity index (χ3v) is 3.74. The van der Waals surface area contributed by atoms with E-state index in [2.05, 4.69) is 33.0 Å². The van der Waals surface area contributed by atoms with Crippen molar-refractivity contribution in [3.8, 4) is 0 Å². The van der Waals surface area contributed by atoms with Gasteiger partial charge in [0.05, 0.1) is 0 Å². The second-order valence-corrected chi connectivity index (χ2v) is 6.58. The van der Waals surface area contributed by atoms with Gasteiger partial charge >= 0.3 is 0 Å². The first kappa shape index (κ1) is 13.0. The van der Waals surface area contributed by atoms with E-state index < -0.39 is 0 Å². The third kappa shape index (κ3) is 4.52. The van der Waals surface area contributed by atoms with Gasteiger partial charge in [-0.25, -0.2) is 0 Å². The van der Waals surface area contributed by atoms with Crippen LogP contribution < -0.4 is 11.1 Å². The molecule has 0 saturated carbocycles. The van der Waals surface area contributed by atoms with E-state index in [1.54, 1.807) is 0 Å². The monoisotopic (exact) mass is 212 g/mol. The van der Waals surface area contributed by atoms with Crippen LogP contribution in [0.3, 0.4) is 0 Å². The Balaban J connectivity index is 2.33. The van der Waals surface area contributed by atoms with Gasteiger partial charge in [0.25, 0.3) is 0 Å².